The van der Waals surface area contributed by atoms with Gasteiger partial charge in [-0.25, -0.2) is 0 Å². The van der Waals surface area contributed by atoms with E-state index in [0.29, 0.717) is 19.5 Å². The standard InChI is InChI=1S/C22H28N2O3/c1-16(2)27-21-11-9-20(10-12-21)24(18(4)25)14-13-23-22(26)15-19-7-5-17(3)6-8-19/h5-12,16H,13-15H2,1-4H3,(H,23,26). The van der Waals surface area contributed by atoms with E-state index in [1.165, 1.54) is 12.5 Å². The molecule has 5 heteroatoms. The van der Waals surface area contributed by atoms with Crippen molar-refractivity contribution in [1.82, 2.24) is 5.32 Å². The Bertz CT molecular complexity index is 752. The molecule has 0 aliphatic rings. The molecule has 0 saturated carbocycles. The Morgan fingerprint density at radius 2 is 1.67 bits per heavy atom. The molecule has 144 valence electrons. The summed E-state index contributed by atoms with van der Waals surface area (Å²) in [6, 6.07) is 15.3. The number of carbonyl (C=O) groups excluding carboxylic acids is 2. The lowest BCUT2D eigenvalue weighted by Gasteiger charge is -2.22. The van der Waals surface area contributed by atoms with E-state index < -0.39 is 0 Å². The molecule has 27 heavy (non-hydrogen) atoms. The van der Waals surface area contributed by atoms with Gasteiger partial charge in [-0.2, -0.15) is 0 Å². The smallest absolute Gasteiger partial charge is 0.224 e. The quantitative estimate of drug-likeness (QED) is 0.776. The van der Waals surface area contributed by atoms with Crippen LogP contribution in [0, 0.1) is 6.92 Å². The van der Waals surface area contributed by atoms with Gasteiger partial charge in [0.25, 0.3) is 0 Å². The van der Waals surface area contributed by atoms with Crippen LogP contribution in [-0.4, -0.2) is 31.0 Å². The van der Waals surface area contributed by atoms with Crippen LogP contribution in [0.1, 0.15) is 31.9 Å². The molecule has 0 bridgehead atoms. The van der Waals surface area contributed by atoms with Gasteiger partial charge in [-0.1, -0.05) is 29.8 Å². The molecule has 5 nitrogen and oxygen atoms in total. The van der Waals surface area contributed by atoms with Crippen molar-refractivity contribution in [2.45, 2.75) is 40.2 Å². The highest BCUT2D eigenvalue weighted by atomic mass is 16.5. The van der Waals surface area contributed by atoms with Crippen LogP contribution in [0.2, 0.25) is 0 Å². The maximum Gasteiger partial charge on any atom is 0.224 e. The predicted octanol–water partition coefficient (Wildman–Crippen LogP) is 3.49. The molecule has 1 N–H and O–H groups in total. The van der Waals surface area contributed by atoms with Crippen LogP contribution in [-0.2, 0) is 16.0 Å². The maximum absolute atomic E-state index is 12.1. The zero-order chi connectivity index (χ0) is 19.8. The summed E-state index contributed by atoms with van der Waals surface area (Å²) in [6.45, 7) is 8.28. The molecule has 0 saturated heterocycles. The topological polar surface area (TPSA) is 58.6 Å². The number of benzene rings is 2. The van der Waals surface area contributed by atoms with Gasteiger partial charge >= 0.3 is 0 Å². The Morgan fingerprint density at radius 3 is 2.22 bits per heavy atom. The van der Waals surface area contributed by atoms with Gasteiger partial charge in [-0.15, -0.1) is 0 Å². The first kappa shape index (κ1) is 20.5. The van der Waals surface area contributed by atoms with Crippen LogP contribution in [0.3, 0.4) is 0 Å². The molecule has 2 aromatic carbocycles. The summed E-state index contributed by atoms with van der Waals surface area (Å²) in [6.07, 6.45) is 0.435. The average Bonchev–Trinajstić information content (AvgIpc) is 2.61. The fourth-order valence-electron chi connectivity index (χ4n) is 2.71. The van der Waals surface area contributed by atoms with Gasteiger partial charge in [-0.3, -0.25) is 9.59 Å². The van der Waals surface area contributed by atoms with Crippen LogP contribution in [0.25, 0.3) is 0 Å². The number of rotatable bonds is 8. The van der Waals surface area contributed by atoms with Gasteiger partial charge < -0.3 is 15.0 Å². The number of nitrogens with zero attached hydrogens (tertiary/aromatic N) is 1. The Labute approximate surface area is 161 Å². The molecule has 0 aliphatic heterocycles. The highest BCUT2D eigenvalue weighted by Gasteiger charge is 2.12. The van der Waals surface area contributed by atoms with Gasteiger partial charge in [-0.05, 0) is 50.6 Å². The fraction of sp³-hybridized carbons (Fsp3) is 0.364. The minimum Gasteiger partial charge on any atom is -0.491 e. The average molecular weight is 368 g/mol. The first-order valence-electron chi connectivity index (χ1n) is 9.22. The molecule has 0 atom stereocenters. The zero-order valence-corrected chi connectivity index (χ0v) is 16.5. The largest absolute Gasteiger partial charge is 0.491 e. The number of ether oxygens (including phenoxy) is 1. The summed E-state index contributed by atoms with van der Waals surface area (Å²) in [4.78, 5) is 25.7. The molecule has 0 radical (unpaired) electrons. The predicted molar refractivity (Wildman–Crippen MR) is 108 cm³/mol. The molecule has 0 aromatic heterocycles. The van der Waals surface area contributed by atoms with E-state index in [-0.39, 0.29) is 17.9 Å². The van der Waals surface area contributed by atoms with Gasteiger partial charge in [0.2, 0.25) is 11.8 Å². The first-order chi connectivity index (χ1) is 12.8. The number of anilines is 1. The Hall–Kier alpha value is -2.82. The second-order valence-electron chi connectivity index (χ2n) is 6.84. The highest BCUT2D eigenvalue weighted by Crippen LogP contribution is 2.20. The summed E-state index contributed by atoms with van der Waals surface area (Å²) in [7, 11) is 0. The fourth-order valence-corrected chi connectivity index (χ4v) is 2.71. The summed E-state index contributed by atoms with van der Waals surface area (Å²) >= 11 is 0. The molecular formula is C22H28N2O3. The lowest BCUT2D eigenvalue weighted by molar-refractivity contribution is -0.121. The Morgan fingerprint density at radius 1 is 1.04 bits per heavy atom. The molecule has 2 aromatic rings. The third-order valence-electron chi connectivity index (χ3n) is 4.04. The first-order valence-corrected chi connectivity index (χ1v) is 9.22. The van der Waals surface area contributed by atoms with E-state index in [9.17, 15) is 9.59 Å². The minimum absolute atomic E-state index is 0.0527. The van der Waals surface area contributed by atoms with E-state index >= 15 is 0 Å². The number of carbonyl (C=O) groups is 2. The lowest BCUT2D eigenvalue weighted by Crippen LogP contribution is -2.38. The SMILES string of the molecule is CC(=O)N(CCNC(=O)Cc1ccc(C)cc1)c1ccc(OC(C)C)cc1. The zero-order valence-electron chi connectivity index (χ0n) is 16.5. The van der Waals surface area contributed by atoms with Crippen molar-refractivity contribution in [3.05, 3.63) is 59.7 Å². The maximum atomic E-state index is 12.1. The van der Waals surface area contributed by atoms with Gasteiger partial charge in [0.05, 0.1) is 12.5 Å². The number of hydrogen-bond acceptors (Lipinski definition) is 3. The van der Waals surface area contributed by atoms with Crippen molar-refractivity contribution in [1.29, 1.82) is 0 Å². The third-order valence-corrected chi connectivity index (χ3v) is 4.04. The van der Waals surface area contributed by atoms with Crippen molar-refractivity contribution in [3.8, 4) is 5.75 Å². The van der Waals surface area contributed by atoms with E-state index in [0.717, 1.165) is 17.0 Å². The van der Waals surface area contributed by atoms with Gasteiger partial charge in [0, 0.05) is 25.7 Å². The number of aryl methyl sites for hydroxylation is 1. The van der Waals surface area contributed by atoms with Crippen LogP contribution in [0.15, 0.2) is 48.5 Å². The molecular weight excluding hydrogens is 340 g/mol. The van der Waals surface area contributed by atoms with Crippen molar-refractivity contribution < 1.29 is 14.3 Å². The summed E-state index contributed by atoms with van der Waals surface area (Å²) in [5.74, 6) is 0.645. The molecule has 0 fully saturated rings. The van der Waals surface area contributed by atoms with E-state index in [4.69, 9.17) is 4.74 Å². The van der Waals surface area contributed by atoms with Crippen LogP contribution in [0.5, 0.6) is 5.75 Å². The number of amides is 2. The molecule has 0 spiro atoms. The Kier molecular flexibility index (Phi) is 7.41. The third kappa shape index (κ3) is 6.77. The monoisotopic (exact) mass is 368 g/mol. The van der Waals surface area contributed by atoms with Crippen LogP contribution >= 0.6 is 0 Å². The van der Waals surface area contributed by atoms with Crippen molar-refractivity contribution in [3.63, 3.8) is 0 Å². The molecule has 2 rings (SSSR count). The van der Waals surface area contributed by atoms with Crippen molar-refractivity contribution in [2.75, 3.05) is 18.0 Å². The van der Waals surface area contributed by atoms with E-state index in [1.807, 2.05) is 69.3 Å². The minimum atomic E-state index is -0.0692. The van der Waals surface area contributed by atoms with Crippen LogP contribution in [0.4, 0.5) is 5.69 Å². The second kappa shape index (κ2) is 9.76. The van der Waals surface area contributed by atoms with Crippen molar-refractivity contribution >= 4 is 17.5 Å². The summed E-state index contributed by atoms with van der Waals surface area (Å²) < 4.78 is 5.63. The van der Waals surface area contributed by atoms with Crippen LogP contribution < -0.4 is 15.0 Å². The molecule has 0 heterocycles. The number of hydrogen-bond donors (Lipinski definition) is 1. The van der Waals surface area contributed by atoms with Gasteiger partial charge in [0.15, 0.2) is 0 Å². The lowest BCUT2D eigenvalue weighted by atomic mass is 10.1. The van der Waals surface area contributed by atoms with E-state index in [2.05, 4.69) is 5.32 Å². The van der Waals surface area contributed by atoms with Crippen molar-refractivity contribution in [2.24, 2.45) is 0 Å². The molecule has 0 aliphatic carbocycles. The highest BCUT2D eigenvalue weighted by molar-refractivity contribution is 5.91. The number of nitrogens with one attached hydrogen (secondary N) is 1. The normalized spacial score (nSPS) is 10.6. The van der Waals surface area contributed by atoms with Gasteiger partial charge in [0.1, 0.15) is 5.75 Å². The van der Waals surface area contributed by atoms with E-state index in [1.54, 1.807) is 4.90 Å². The molecule has 0 unspecified atom stereocenters. The second-order valence-corrected chi connectivity index (χ2v) is 6.84. The summed E-state index contributed by atoms with van der Waals surface area (Å²) in [5.41, 5.74) is 2.93. The molecule has 2 amide bonds. The Balaban J connectivity index is 1.87. The summed E-state index contributed by atoms with van der Waals surface area (Å²) in [5, 5.41) is 2.88.